The van der Waals surface area contributed by atoms with Crippen molar-refractivity contribution in [3.8, 4) is 5.75 Å². The number of hydrogen-bond donors (Lipinski definition) is 3. The van der Waals surface area contributed by atoms with Crippen molar-refractivity contribution in [2.45, 2.75) is 19.4 Å². The molecule has 1 unspecified atom stereocenters. The van der Waals surface area contributed by atoms with E-state index in [1.54, 1.807) is 12.1 Å². The lowest BCUT2D eigenvalue weighted by Gasteiger charge is -2.19. The number of rotatable bonds is 5. The predicted octanol–water partition coefficient (Wildman–Crippen LogP) is 2.22. The molecule has 2 aromatic rings. The monoisotopic (exact) mass is 377 g/mol. The molecular weight excluding hydrogens is 358 g/mol. The zero-order chi connectivity index (χ0) is 18.5. The Morgan fingerprint density at radius 2 is 2.35 bits per heavy atom. The summed E-state index contributed by atoms with van der Waals surface area (Å²) in [6.07, 6.45) is 2.26. The summed E-state index contributed by atoms with van der Waals surface area (Å²) in [5, 5.41) is 11.9. The molecule has 2 amide bonds. The van der Waals surface area contributed by atoms with Crippen LogP contribution in [0.25, 0.3) is 0 Å². The topological polar surface area (TPSA) is 99.3 Å². The Hall–Kier alpha value is -2.74. The average Bonchev–Trinajstić information content (AvgIpc) is 3.06. The molecule has 3 N–H and O–H groups in total. The minimum atomic E-state index is -0.424. The highest BCUT2D eigenvalue weighted by molar-refractivity contribution is 6.33. The van der Waals surface area contributed by atoms with Crippen LogP contribution in [0, 0.1) is 0 Å². The maximum absolute atomic E-state index is 12.2. The highest BCUT2D eigenvalue weighted by Gasteiger charge is 2.26. The predicted molar refractivity (Wildman–Crippen MR) is 100 cm³/mol. The third-order valence-electron chi connectivity index (χ3n) is 4.04. The Kier molecular flexibility index (Phi) is 5.62. The minimum Gasteiger partial charge on any atom is -0.494 e. The molecule has 138 valence electrons. The fraction of sp³-hybridized carbons (Fsp3) is 0.353. The molecule has 1 saturated heterocycles. The Morgan fingerprint density at radius 1 is 1.50 bits per heavy atom. The molecule has 3 rings (SSSR count). The maximum Gasteiger partial charge on any atom is 0.319 e. The van der Waals surface area contributed by atoms with Crippen LogP contribution in [0.15, 0.2) is 35.3 Å². The first kappa shape index (κ1) is 18.1. The minimum absolute atomic E-state index is 0.0552. The molecule has 9 heteroatoms. The number of nitrogens with zero attached hydrogens (tertiary/aromatic N) is 2. The van der Waals surface area contributed by atoms with Gasteiger partial charge in [0.1, 0.15) is 10.8 Å². The standard InChI is InChI=1S/C17H20ClN5O3/c1-2-26-13-5-3-4-11(8-13)20-17(25)21-12-6-7-23(10-12)14-9-19-22-16(24)15(14)18/h3-5,8-9,12H,2,6-7,10H2,1H3,(H,22,24)(H2,20,21,25). The lowest BCUT2D eigenvalue weighted by molar-refractivity contribution is 0.249. The van der Waals surface area contributed by atoms with Gasteiger partial charge in [-0.2, -0.15) is 5.10 Å². The zero-order valence-electron chi connectivity index (χ0n) is 14.3. The molecular formula is C17H20ClN5O3. The van der Waals surface area contributed by atoms with Crippen molar-refractivity contribution in [3.05, 3.63) is 45.8 Å². The lowest BCUT2D eigenvalue weighted by atomic mass is 10.2. The highest BCUT2D eigenvalue weighted by Crippen LogP contribution is 2.24. The number of aromatic nitrogens is 2. The van der Waals surface area contributed by atoms with E-state index < -0.39 is 5.56 Å². The first-order valence-electron chi connectivity index (χ1n) is 8.35. The van der Waals surface area contributed by atoms with E-state index >= 15 is 0 Å². The molecule has 2 heterocycles. The van der Waals surface area contributed by atoms with Crippen LogP contribution in [-0.4, -0.2) is 42.0 Å². The van der Waals surface area contributed by atoms with Gasteiger partial charge in [0.05, 0.1) is 18.5 Å². The second-order valence-corrected chi connectivity index (χ2v) is 6.27. The largest absolute Gasteiger partial charge is 0.494 e. The third-order valence-corrected chi connectivity index (χ3v) is 4.41. The van der Waals surface area contributed by atoms with E-state index in [1.807, 2.05) is 24.0 Å². The molecule has 1 aliphatic heterocycles. The number of ether oxygens (including phenoxy) is 1. The van der Waals surface area contributed by atoms with E-state index in [9.17, 15) is 9.59 Å². The van der Waals surface area contributed by atoms with Crippen molar-refractivity contribution in [2.75, 3.05) is 29.9 Å². The van der Waals surface area contributed by atoms with Crippen molar-refractivity contribution in [1.29, 1.82) is 0 Å². The number of nitrogens with one attached hydrogen (secondary N) is 3. The van der Waals surface area contributed by atoms with E-state index in [2.05, 4.69) is 20.8 Å². The number of urea groups is 1. The van der Waals surface area contributed by atoms with Crippen LogP contribution in [0.5, 0.6) is 5.75 Å². The Balaban J connectivity index is 1.57. The van der Waals surface area contributed by atoms with Crippen molar-refractivity contribution in [1.82, 2.24) is 15.5 Å². The van der Waals surface area contributed by atoms with Gasteiger partial charge in [0.25, 0.3) is 5.56 Å². The maximum atomic E-state index is 12.2. The number of halogens is 1. The van der Waals surface area contributed by atoms with E-state index in [0.29, 0.717) is 36.8 Å². The highest BCUT2D eigenvalue weighted by atomic mass is 35.5. The SMILES string of the molecule is CCOc1cccc(NC(=O)NC2CCN(c3cn[nH]c(=O)c3Cl)C2)c1. The lowest BCUT2D eigenvalue weighted by Crippen LogP contribution is -2.39. The molecule has 26 heavy (non-hydrogen) atoms. The van der Waals surface area contributed by atoms with Gasteiger partial charge >= 0.3 is 6.03 Å². The van der Waals surface area contributed by atoms with Crippen LogP contribution < -0.4 is 25.8 Å². The number of aromatic amines is 1. The third kappa shape index (κ3) is 4.26. The van der Waals surface area contributed by atoms with Gasteiger partial charge in [-0.25, -0.2) is 9.89 Å². The molecule has 0 aliphatic carbocycles. The zero-order valence-corrected chi connectivity index (χ0v) is 15.0. The second-order valence-electron chi connectivity index (χ2n) is 5.89. The van der Waals surface area contributed by atoms with Gasteiger partial charge in [-0.3, -0.25) is 4.79 Å². The summed E-state index contributed by atoms with van der Waals surface area (Å²) in [5.41, 5.74) is 0.808. The van der Waals surface area contributed by atoms with Crippen LogP contribution in [0.4, 0.5) is 16.2 Å². The number of anilines is 2. The molecule has 1 atom stereocenters. The van der Waals surface area contributed by atoms with E-state index in [1.165, 1.54) is 6.20 Å². The number of amides is 2. The van der Waals surface area contributed by atoms with Crippen LogP contribution in [-0.2, 0) is 0 Å². The number of H-pyrrole nitrogens is 1. The summed E-state index contributed by atoms with van der Waals surface area (Å²) in [7, 11) is 0. The molecule has 1 fully saturated rings. The normalized spacial score (nSPS) is 16.4. The van der Waals surface area contributed by atoms with Crippen LogP contribution in [0.1, 0.15) is 13.3 Å². The Labute approximate surface area is 155 Å². The quantitative estimate of drug-likeness (QED) is 0.742. The summed E-state index contributed by atoms with van der Waals surface area (Å²) in [6.45, 7) is 3.70. The van der Waals surface area contributed by atoms with Gasteiger partial charge in [-0.1, -0.05) is 17.7 Å². The fourth-order valence-corrected chi connectivity index (χ4v) is 3.08. The second kappa shape index (κ2) is 8.09. The van der Waals surface area contributed by atoms with Crippen molar-refractivity contribution < 1.29 is 9.53 Å². The summed E-state index contributed by atoms with van der Waals surface area (Å²) in [5.74, 6) is 0.703. The number of hydrogen-bond acceptors (Lipinski definition) is 5. The summed E-state index contributed by atoms with van der Waals surface area (Å²) in [4.78, 5) is 25.7. The molecule has 8 nitrogen and oxygen atoms in total. The molecule has 0 radical (unpaired) electrons. The number of carbonyl (C=O) groups excluding carboxylic acids is 1. The van der Waals surface area contributed by atoms with Gasteiger partial charge in [0.15, 0.2) is 0 Å². The first-order valence-corrected chi connectivity index (χ1v) is 8.73. The van der Waals surface area contributed by atoms with Gasteiger partial charge in [-0.05, 0) is 25.5 Å². The van der Waals surface area contributed by atoms with E-state index in [4.69, 9.17) is 16.3 Å². The van der Waals surface area contributed by atoms with Gasteiger partial charge < -0.3 is 20.3 Å². The average molecular weight is 378 g/mol. The number of carbonyl (C=O) groups is 1. The van der Waals surface area contributed by atoms with Gasteiger partial charge in [0.2, 0.25) is 0 Å². The molecule has 0 bridgehead atoms. The number of benzene rings is 1. The van der Waals surface area contributed by atoms with Gasteiger partial charge in [0, 0.05) is 30.9 Å². The van der Waals surface area contributed by atoms with Crippen molar-refractivity contribution in [2.24, 2.45) is 0 Å². The first-order chi connectivity index (χ1) is 12.6. The van der Waals surface area contributed by atoms with Gasteiger partial charge in [-0.15, -0.1) is 0 Å². The molecule has 0 saturated carbocycles. The molecule has 1 aromatic carbocycles. The Morgan fingerprint density at radius 3 is 3.15 bits per heavy atom. The summed E-state index contributed by atoms with van der Waals surface area (Å²) >= 11 is 6.04. The summed E-state index contributed by atoms with van der Waals surface area (Å²) in [6, 6.07) is 6.87. The molecule has 0 spiro atoms. The fourth-order valence-electron chi connectivity index (χ4n) is 2.87. The van der Waals surface area contributed by atoms with Crippen molar-refractivity contribution >= 4 is 29.0 Å². The van der Waals surface area contributed by atoms with Crippen LogP contribution in [0.3, 0.4) is 0 Å². The van der Waals surface area contributed by atoms with Crippen molar-refractivity contribution in [3.63, 3.8) is 0 Å². The molecule has 1 aliphatic rings. The smallest absolute Gasteiger partial charge is 0.319 e. The Bertz CT molecular complexity index is 841. The molecule has 1 aromatic heterocycles. The van der Waals surface area contributed by atoms with E-state index in [-0.39, 0.29) is 17.1 Å². The summed E-state index contributed by atoms with van der Waals surface area (Å²) < 4.78 is 5.42. The van der Waals surface area contributed by atoms with E-state index in [0.717, 1.165) is 6.42 Å². The van der Waals surface area contributed by atoms with Crippen LogP contribution >= 0.6 is 11.6 Å². The van der Waals surface area contributed by atoms with Crippen LogP contribution in [0.2, 0.25) is 5.02 Å².